The highest BCUT2D eigenvalue weighted by molar-refractivity contribution is 6.46. The molecule has 35 heavy (non-hydrogen) atoms. The van der Waals surface area contributed by atoms with Crippen molar-refractivity contribution in [1.82, 2.24) is 9.88 Å². The number of benzene rings is 2. The Kier molecular flexibility index (Phi) is 7.01. The van der Waals surface area contributed by atoms with Crippen molar-refractivity contribution in [2.75, 3.05) is 0 Å². The van der Waals surface area contributed by atoms with E-state index in [1.807, 2.05) is 51.1 Å². The third-order valence-electron chi connectivity index (χ3n) is 6.13. The standard InChI is InChI=1S/C29H30N2O4/c1-5-20-8-10-22(11-9-20)26-25(27(32)23-12-13-24(19(4)15-23)35-18(2)3)28(33)29(34)31(26)17-21-7-6-14-30-16-21/h6-16,18,26,32H,5,17H2,1-4H3. The number of aliphatic hydroxyl groups excluding tert-OH is 1. The molecule has 1 fully saturated rings. The number of pyridine rings is 1. The number of aliphatic hydroxyl groups is 1. The molecule has 0 aliphatic carbocycles. The summed E-state index contributed by atoms with van der Waals surface area (Å²) in [7, 11) is 0. The highest BCUT2D eigenvalue weighted by Gasteiger charge is 2.46. The van der Waals surface area contributed by atoms with Crippen molar-refractivity contribution < 1.29 is 19.4 Å². The molecule has 6 nitrogen and oxygen atoms in total. The molecular formula is C29H30N2O4. The number of carbonyl (C=O) groups excluding carboxylic acids is 2. The first-order valence-corrected chi connectivity index (χ1v) is 11.8. The SMILES string of the molecule is CCc1ccc(C2C(=C(O)c3ccc(OC(C)C)c(C)c3)C(=O)C(=O)N2Cc2cccnc2)cc1. The van der Waals surface area contributed by atoms with Crippen LogP contribution in [-0.2, 0) is 22.6 Å². The molecule has 2 aromatic carbocycles. The maximum Gasteiger partial charge on any atom is 0.295 e. The number of likely N-dealkylation sites (tertiary alicyclic amines) is 1. The molecule has 0 radical (unpaired) electrons. The number of carbonyl (C=O) groups is 2. The summed E-state index contributed by atoms with van der Waals surface area (Å²) in [6, 6.07) is 16.0. The van der Waals surface area contributed by atoms with Crippen molar-refractivity contribution in [1.29, 1.82) is 0 Å². The van der Waals surface area contributed by atoms with Crippen molar-refractivity contribution in [3.05, 3.63) is 100 Å². The second-order valence-electron chi connectivity index (χ2n) is 9.03. The maximum atomic E-state index is 13.3. The van der Waals surface area contributed by atoms with E-state index in [1.165, 1.54) is 4.90 Å². The smallest absolute Gasteiger partial charge is 0.295 e. The Labute approximate surface area is 205 Å². The minimum Gasteiger partial charge on any atom is -0.507 e. The number of rotatable bonds is 7. The minimum absolute atomic E-state index is 0.0111. The molecule has 0 bridgehead atoms. The average molecular weight is 471 g/mol. The lowest BCUT2D eigenvalue weighted by Crippen LogP contribution is -2.29. The molecule has 0 saturated carbocycles. The normalized spacial score (nSPS) is 17.3. The number of hydrogen-bond acceptors (Lipinski definition) is 5. The van der Waals surface area contributed by atoms with Crippen LogP contribution in [0, 0.1) is 6.92 Å². The summed E-state index contributed by atoms with van der Waals surface area (Å²) in [5, 5.41) is 11.3. The van der Waals surface area contributed by atoms with Gasteiger partial charge in [-0.15, -0.1) is 0 Å². The van der Waals surface area contributed by atoms with Gasteiger partial charge in [0.1, 0.15) is 11.5 Å². The summed E-state index contributed by atoms with van der Waals surface area (Å²) < 4.78 is 5.81. The molecule has 1 aliphatic rings. The van der Waals surface area contributed by atoms with Crippen LogP contribution in [0.2, 0.25) is 0 Å². The van der Waals surface area contributed by atoms with Gasteiger partial charge in [-0.2, -0.15) is 0 Å². The van der Waals surface area contributed by atoms with Crippen LogP contribution in [0.25, 0.3) is 5.76 Å². The van der Waals surface area contributed by atoms with Crippen LogP contribution in [0.15, 0.2) is 72.6 Å². The van der Waals surface area contributed by atoms with Crippen molar-refractivity contribution in [2.24, 2.45) is 0 Å². The van der Waals surface area contributed by atoms with Crippen LogP contribution in [0.5, 0.6) is 5.75 Å². The van der Waals surface area contributed by atoms with Crippen LogP contribution in [0.3, 0.4) is 0 Å². The lowest BCUT2D eigenvalue weighted by atomic mass is 9.94. The van der Waals surface area contributed by atoms with Gasteiger partial charge in [0.15, 0.2) is 0 Å². The quantitative estimate of drug-likeness (QED) is 0.286. The zero-order valence-corrected chi connectivity index (χ0v) is 20.5. The predicted octanol–water partition coefficient (Wildman–Crippen LogP) is 5.36. The number of ketones is 1. The van der Waals surface area contributed by atoms with Gasteiger partial charge in [0, 0.05) is 24.5 Å². The van der Waals surface area contributed by atoms with E-state index in [-0.39, 0.29) is 24.0 Å². The van der Waals surface area contributed by atoms with E-state index >= 15 is 0 Å². The first-order valence-electron chi connectivity index (χ1n) is 11.8. The summed E-state index contributed by atoms with van der Waals surface area (Å²) in [6.45, 7) is 8.05. The number of aromatic nitrogens is 1. The third-order valence-corrected chi connectivity index (χ3v) is 6.13. The van der Waals surface area contributed by atoms with E-state index in [0.717, 1.165) is 28.7 Å². The van der Waals surface area contributed by atoms with Gasteiger partial charge in [-0.25, -0.2) is 0 Å². The van der Waals surface area contributed by atoms with Gasteiger partial charge < -0.3 is 14.7 Å². The molecule has 6 heteroatoms. The van der Waals surface area contributed by atoms with Crippen LogP contribution < -0.4 is 4.74 Å². The average Bonchev–Trinajstić information content (AvgIpc) is 3.10. The number of Topliss-reactive ketones (excluding diaryl/α,β-unsaturated/α-hetero) is 1. The van der Waals surface area contributed by atoms with E-state index in [1.54, 1.807) is 36.7 Å². The minimum atomic E-state index is -0.715. The van der Waals surface area contributed by atoms with Crippen molar-refractivity contribution in [3.63, 3.8) is 0 Å². The van der Waals surface area contributed by atoms with Gasteiger partial charge in [-0.05, 0) is 73.7 Å². The Morgan fingerprint density at radius 1 is 1.09 bits per heavy atom. The summed E-state index contributed by atoms with van der Waals surface area (Å²) in [6.07, 6.45) is 4.22. The molecule has 3 aromatic rings. The van der Waals surface area contributed by atoms with Gasteiger partial charge in [-0.3, -0.25) is 14.6 Å². The summed E-state index contributed by atoms with van der Waals surface area (Å²) >= 11 is 0. The third kappa shape index (κ3) is 4.97. The van der Waals surface area contributed by atoms with Crippen LogP contribution in [0.1, 0.15) is 54.6 Å². The van der Waals surface area contributed by atoms with Crippen molar-refractivity contribution in [3.8, 4) is 5.75 Å². The molecule has 4 rings (SSSR count). The van der Waals surface area contributed by atoms with Crippen molar-refractivity contribution in [2.45, 2.75) is 52.8 Å². The number of ether oxygens (including phenoxy) is 1. The lowest BCUT2D eigenvalue weighted by molar-refractivity contribution is -0.140. The van der Waals surface area contributed by atoms with Crippen LogP contribution in [-0.4, -0.2) is 32.8 Å². The van der Waals surface area contributed by atoms with Gasteiger partial charge in [0.2, 0.25) is 0 Å². The molecule has 1 N–H and O–H groups in total. The Morgan fingerprint density at radius 2 is 1.83 bits per heavy atom. The molecule has 1 atom stereocenters. The Bertz CT molecular complexity index is 1260. The summed E-state index contributed by atoms with van der Waals surface area (Å²) in [4.78, 5) is 32.1. The molecule has 0 spiro atoms. The second-order valence-corrected chi connectivity index (χ2v) is 9.03. The molecule has 2 heterocycles. The van der Waals surface area contributed by atoms with Crippen LogP contribution >= 0.6 is 0 Å². The molecule has 1 amide bonds. The largest absolute Gasteiger partial charge is 0.507 e. The number of hydrogen-bond donors (Lipinski definition) is 1. The fraction of sp³-hybridized carbons (Fsp3) is 0.276. The Balaban J connectivity index is 1.82. The Morgan fingerprint density at radius 3 is 2.43 bits per heavy atom. The van der Waals surface area contributed by atoms with E-state index < -0.39 is 17.7 Å². The maximum absolute atomic E-state index is 13.3. The highest BCUT2D eigenvalue weighted by Crippen LogP contribution is 2.40. The number of nitrogens with zero attached hydrogens (tertiary/aromatic N) is 2. The lowest BCUT2D eigenvalue weighted by Gasteiger charge is -2.25. The molecular weight excluding hydrogens is 440 g/mol. The summed E-state index contributed by atoms with van der Waals surface area (Å²) in [5.41, 5.74) is 4.10. The zero-order chi connectivity index (χ0) is 25.1. The molecule has 1 saturated heterocycles. The Hall–Kier alpha value is -3.93. The first-order chi connectivity index (χ1) is 16.8. The van der Waals surface area contributed by atoms with Gasteiger partial charge in [-0.1, -0.05) is 37.3 Å². The monoisotopic (exact) mass is 470 g/mol. The van der Waals surface area contributed by atoms with E-state index in [9.17, 15) is 14.7 Å². The van der Waals surface area contributed by atoms with Gasteiger partial charge >= 0.3 is 0 Å². The first kappa shape index (κ1) is 24.2. The molecule has 1 aromatic heterocycles. The van der Waals surface area contributed by atoms with Gasteiger partial charge in [0.25, 0.3) is 11.7 Å². The predicted molar refractivity (Wildman–Crippen MR) is 135 cm³/mol. The highest BCUT2D eigenvalue weighted by atomic mass is 16.5. The van der Waals surface area contributed by atoms with Crippen LogP contribution in [0.4, 0.5) is 0 Å². The molecule has 1 unspecified atom stereocenters. The summed E-state index contributed by atoms with van der Waals surface area (Å²) in [5.74, 6) is -0.825. The topological polar surface area (TPSA) is 79.7 Å². The van der Waals surface area contributed by atoms with E-state index in [0.29, 0.717) is 11.3 Å². The fourth-order valence-electron chi connectivity index (χ4n) is 4.35. The second kappa shape index (κ2) is 10.1. The zero-order valence-electron chi connectivity index (χ0n) is 20.5. The van der Waals surface area contributed by atoms with Gasteiger partial charge in [0.05, 0.1) is 17.7 Å². The fourth-order valence-corrected chi connectivity index (χ4v) is 4.35. The number of amides is 1. The van der Waals surface area contributed by atoms with Crippen molar-refractivity contribution >= 4 is 17.4 Å². The van der Waals surface area contributed by atoms with E-state index in [2.05, 4.69) is 11.9 Å². The molecule has 180 valence electrons. The van der Waals surface area contributed by atoms with E-state index in [4.69, 9.17) is 4.74 Å². The number of aryl methyl sites for hydroxylation is 2. The molecule has 1 aliphatic heterocycles.